The number of aliphatic carboxylic acids is 1. The molecule has 0 amide bonds. The van der Waals surface area contributed by atoms with Crippen LogP contribution in [0.25, 0.3) is 0 Å². The van der Waals surface area contributed by atoms with Crippen LogP contribution in [0.15, 0.2) is 28.7 Å². The van der Waals surface area contributed by atoms with Crippen LogP contribution < -0.4 is 0 Å². The minimum atomic E-state index is -0.642. The first-order chi connectivity index (χ1) is 8.16. The molecule has 2 nitrogen and oxygen atoms in total. The molecule has 1 aromatic carbocycles. The maximum Gasteiger partial charge on any atom is 0.307 e. The number of rotatable bonds is 4. The van der Waals surface area contributed by atoms with E-state index >= 15 is 0 Å². The molecule has 0 radical (unpaired) electrons. The molecule has 1 N–H and O–H groups in total. The van der Waals surface area contributed by atoms with Crippen LogP contribution in [0.4, 0.5) is 0 Å². The van der Waals surface area contributed by atoms with Gasteiger partial charge in [0, 0.05) is 4.47 Å². The Hall–Kier alpha value is -0.830. The van der Waals surface area contributed by atoms with Crippen molar-refractivity contribution in [2.75, 3.05) is 0 Å². The van der Waals surface area contributed by atoms with Crippen molar-refractivity contribution in [1.82, 2.24) is 0 Å². The summed E-state index contributed by atoms with van der Waals surface area (Å²) in [5.74, 6) is -0.491. The van der Waals surface area contributed by atoms with Gasteiger partial charge in [-0.15, -0.1) is 0 Å². The van der Waals surface area contributed by atoms with E-state index in [0.717, 1.165) is 22.9 Å². The Balaban J connectivity index is 2.09. The van der Waals surface area contributed by atoms with E-state index in [4.69, 9.17) is 0 Å². The molecule has 3 heteroatoms. The van der Waals surface area contributed by atoms with Crippen molar-refractivity contribution in [1.29, 1.82) is 0 Å². The van der Waals surface area contributed by atoms with Gasteiger partial charge >= 0.3 is 5.97 Å². The Kier molecular flexibility index (Phi) is 4.21. The van der Waals surface area contributed by atoms with Gasteiger partial charge in [-0.25, -0.2) is 0 Å². The molecule has 1 aromatic rings. The van der Waals surface area contributed by atoms with Crippen LogP contribution in [-0.4, -0.2) is 11.1 Å². The molecule has 0 bridgehead atoms. The first-order valence-corrected chi connectivity index (χ1v) is 6.93. The highest BCUT2D eigenvalue weighted by atomic mass is 79.9. The fourth-order valence-corrected chi connectivity index (χ4v) is 3.18. The second kappa shape index (κ2) is 5.67. The summed E-state index contributed by atoms with van der Waals surface area (Å²) in [6, 6.07) is 7.96. The van der Waals surface area contributed by atoms with Crippen LogP contribution in [0.1, 0.15) is 31.2 Å². The molecule has 2 rings (SSSR count). The lowest BCUT2D eigenvalue weighted by molar-refractivity contribution is -0.143. The van der Waals surface area contributed by atoms with E-state index in [1.807, 2.05) is 24.3 Å². The van der Waals surface area contributed by atoms with E-state index in [1.165, 1.54) is 12.8 Å². The van der Waals surface area contributed by atoms with Gasteiger partial charge < -0.3 is 5.11 Å². The van der Waals surface area contributed by atoms with E-state index in [9.17, 15) is 9.90 Å². The molecule has 0 saturated heterocycles. The summed E-state index contributed by atoms with van der Waals surface area (Å²) in [5.41, 5.74) is 1.11. The normalized spacial score (nSPS) is 18.2. The van der Waals surface area contributed by atoms with Crippen molar-refractivity contribution < 1.29 is 9.90 Å². The zero-order valence-corrected chi connectivity index (χ0v) is 11.3. The number of hydrogen-bond acceptors (Lipinski definition) is 1. The van der Waals surface area contributed by atoms with Crippen molar-refractivity contribution in [3.63, 3.8) is 0 Å². The van der Waals surface area contributed by atoms with Crippen LogP contribution in [0.3, 0.4) is 0 Å². The average Bonchev–Trinajstić information content (AvgIpc) is 2.78. The summed E-state index contributed by atoms with van der Waals surface area (Å²) in [7, 11) is 0. The highest BCUT2D eigenvalue weighted by molar-refractivity contribution is 9.10. The Labute approximate surface area is 110 Å². The van der Waals surface area contributed by atoms with Gasteiger partial charge in [0.25, 0.3) is 0 Å². The quantitative estimate of drug-likeness (QED) is 0.915. The van der Waals surface area contributed by atoms with Crippen LogP contribution in [0, 0.1) is 11.8 Å². The molecular formula is C14H17BrO2. The minimum absolute atomic E-state index is 0.216. The first-order valence-electron chi connectivity index (χ1n) is 6.14. The number of hydrogen-bond donors (Lipinski definition) is 1. The van der Waals surface area contributed by atoms with Crippen molar-refractivity contribution in [2.45, 2.75) is 32.1 Å². The second-order valence-corrected chi connectivity index (χ2v) is 5.74. The third-order valence-corrected chi connectivity index (χ3v) is 4.12. The van der Waals surface area contributed by atoms with Gasteiger partial charge in [0.15, 0.2) is 0 Å². The summed E-state index contributed by atoms with van der Waals surface area (Å²) in [6.45, 7) is 0. The first kappa shape index (κ1) is 12.6. The van der Waals surface area contributed by atoms with Gasteiger partial charge in [-0.05, 0) is 42.9 Å². The third-order valence-electron chi connectivity index (χ3n) is 3.63. The number of halogens is 1. The molecule has 92 valence electrons. The maximum absolute atomic E-state index is 11.4. The molecule has 0 spiro atoms. The maximum atomic E-state index is 11.4. The van der Waals surface area contributed by atoms with Crippen molar-refractivity contribution in [3.8, 4) is 0 Å². The molecule has 0 heterocycles. The monoisotopic (exact) mass is 296 g/mol. The highest BCUT2D eigenvalue weighted by Gasteiger charge is 2.30. The van der Waals surface area contributed by atoms with E-state index in [1.54, 1.807) is 0 Å². The van der Waals surface area contributed by atoms with Crippen molar-refractivity contribution >= 4 is 21.9 Å². The Bertz CT molecular complexity index is 397. The predicted molar refractivity (Wildman–Crippen MR) is 70.9 cm³/mol. The molecule has 0 aliphatic heterocycles. The number of benzene rings is 1. The Morgan fingerprint density at radius 2 is 2.12 bits per heavy atom. The summed E-state index contributed by atoms with van der Waals surface area (Å²) in [6.07, 6.45) is 5.18. The molecule has 17 heavy (non-hydrogen) atoms. The number of carboxylic acids is 1. The lowest BCUT2D eigenvalue weighted by atomic mass is 9.86. The zero-order valence-electron chi connectivity index (χ0n) is 9.73. The molecule has 1 aliphatic carbocycles. The van der Waals surface area contributed by atoms with Gasteiger partial charge in [0.2, 0.25) is 0 Å². The summed E-state index contributed by atoms with van der Waals surface area (Å²) >= 11 is 3.43. The van der Waals surface area contributed by atoms with E-state index in [-0.39, 0.29) is 5.92 Å². The molecular weight excluding hydrogens is 280 g/mol. The molecule has 1 atom stereocenters. The second-order valence-electron chi connectivity index (χ2n) is 4.82. The van der Waals surface area contributed by atoms with Gasteiger partial charge in [-0.2, -0.15) is 0 Å². The molecule has 1 saturated carbocycles. The SMILES string of the molecule is O=C(O)C(Cc1cccc(Br)c1)C1CCCC1. The summed E-state index contributed by atoms with van der Waals surface area (Å²) in [4.78, 5) is 11.4. The van der Waals surface area contributed by atoms with Gasteiger partial charge in [0.05, 0.1) is 5.92 Å². The van der Waals surface area contributed by atoms with Gasteiger partial charge in [0.1, 0.15) is 0 Å². The Morgan fingerprint density at radius 1 is 1.41 bits per heavy atom. The van der Waals surface area contributed by atoms with E-state index in [0.29, 0.717) is 12.3 Å². The third kappa shape index (κ3) is 3.32. The lowest BCUT2D eigenvalue weighted by Gasteiger charge is -2.19. The molecule has 0 aromatic heterocycles. The standard InChI is InChI=1S/C14H17BrO2/c15-12-7-3-4-10(8-12)9-13(14(16)17)11-5-1-2-6-11/h3-4,7-8,11,13H,1-2,5-6,9H2,(H,16,17). The summed E-state index contributed by atoms with van der Waals surface area (Å²) in [5, 5.41) is 9.35. The average molecular weight is 297 g/mol. The van der Waals surface area contributed by atoms with Crippen LogP contribution in [0.5, 0.6) is 0 Å². The van der Waals surface area contributed by atoms with Crippen LogP contribution >= 0.6 is 15.9 Å². The van der Waals surface area contributed by atoms with Gasteiger partial charge in [-0.3, -0.25) is 4.79 Å². The molecule has 1 aliphatic rings. The molecule has 1 fully saturated rings. The predicted octanol–water partition coefficient (Wildman–Crippen LogP) is 3.88. The fourth-order valence-electron chi connectivity index (χ4n) is 2.73. The summed E-state index contributed by atoms with van der Waals surface area (Å²) < 4.78 is 1.02. The van der Waals surface area contributed by atoms with Crippen molar-refractivity contribution in [3.05, 3.63) is 34.3 Å². The topological polar surface area (TPSA) is 37.3 Å². The fraction of sp³-hybridized carbons (Fsp3) is 0.500. The molecule has 1 unspecified atom stereocenters. The zero-order chi connectivity index (χ0) is 12.3. The minimum Gasteiger partial charge on any atom is -0.481 e. The Morgan fingerprint density at radius 3 is 2.71 bits per heavy atom. The smallest absolute Gasteiger partial charge is 0.307 e. The van der Waals surface area contributed by atoms with E-state index < -0.39 is 5.97 Å². The highest BCUT2D eigenvalue weighted by Crippen LogP contribution is 2.33. The number of carboxylic acid groups (broad SMARTS) is 1. The number of carbonyl (C=O) groups is 1. The van der Waals surface area contributed by atoms with E-state index in [2.05, 4.69) is 15.9 Å². The van der Waals surface area contributed by atoms with Gasteiger partial charge in [-0.1, -0.05) is 40.9 Å². The van der Waals surface area contributed by atoms with Crippen LogP contribution in [0.2, 0.25) is 0 Å². The van der Waals surface area contributed by atoms with Crippen molar-refractivity contribution in [2.24, 2.45) is 11.8 Å². The largest absolute Gasteiger partial charge is 0.481 e. The lowest BCUT2D eigenvalue weighted by Crippen LogP contribution is -2.24. The van der Waals surface area contributed by atoms with Crippen LogP contribution in [-0.2, 0) is 11.2 Å².